The zero-order valence-electron chi connectivity index (χ0n) is 14.7. The van der Waals surface area contributed by atoms with E-state index in [1.807, 2.05) is 6.07 Å². The van der Waals surface area contributed by atoms with E-state index >= 15 is 0 Å². The Morgan fingerprint density at radius 1 is 1.22 bits per heavy atom. The van der Waals surface area contributed by atoms with Crippen LogP contribution in [0.1, 0.15) is 70.8 Å². The maximum Gasteiger partial charge on any atom is 0.126 e. The highest BCUT2D eigenvalue weighted by Gasteiger charge is 2.48. The van der Waals surface area contributed by atoms with Crippen LogP contribution >= 0.6 is 0 Å². The van der Waals surface area contributed by atoms with Crippen molar-refractivity contribution >= 4 is 0 Å². The van der Waals surface area contributed by atoms with Gasteiger partial charge in [-0.25, -0.2) is 4.39 Å². The SMILES string of the molecule is CCCC(N)(CCC)[C@H]1CCCC[C@@]1(O)Cc1ccccc1F. The van der Waals surface area contributed by atoms with Gasteiger partial charge in [0.1, 0.15) is 5.82 Å². The molecule has 1 aromatic carbocycles. The number of benzene rings is 1. The summed E-state index contributed by atoms with van der Waals surface area (Å²) in [5.74, 6) is -0.179. The fourth-order valence-electron chi connectivity index (χ4n) is 4.63. The van der Waals surface area contributed by atoms with Gasteiger partial charge in [-0.1, -0.05) is 57.7 Å². The normalized spacial score (nSPS) is 25.5. The smallest absolute Gasteiger partial charge is 0.126 e. The molecule has 0 heterocycles. The van der Waals surface area contributed by atoms with Crippen LogP contribution in [0.25, 0.3) is 0 Å². The van der Waals surface area contributed by atoms with Gasteiger partial charge < -0.3 is 10.8 Å². The summed E-state index contributed by atoms with van der Waals surface area (Å²) in [6, 6.07) is 6.80. The molecule has 2 rings (SSSR count). The van der Waals surface area contributed by atoms with Crippen molar-refractivity contribution in [2.24, 2.45) is 11.7 Å². The summed E-state index contributed by atoms with van der Waals surface area (Å²) in [7, 11) is 0. The number of nitrogens with two attached hydrogens (primary N) is 1. The van der Waals surface area contributed by atoms with Gasteiger partial charge >= 0.3 is 0 Å². The molecule has 0 radical (unpaired) electrons. The highest BCUT2D eigenvalue weighted by atomic mass is 19.1. The summed E-state index contributed by atoms with van der Waals surface area (Å²) >= 11 is 0. The van der Waals surface area contributed by atoms with Gasteiger partial charge in [-0.3, -0.25) is 0 Å². The molecule has 0 aromatic heterocycles. The Kier molecular flexibility index (Phi) is 6.21. The van der Waals surface area contributed by atoms with E-state index in [-0.39, 0.29) is 17.3 Å². The molecule has 0 spiro atoms. The monoisotopic (exact) mass is 321 g/mol. The molecule has 0 amide bonds. The molecular weight excluding hydrogens is 289 g/mol. The number of aliphatic hydroxyl groups is 1. The van der Waals surface area contributed by atoms with E-state index in [0.717, 1.165) is 51.4 Å². The Morgan fingerprint density at radius 3 is 2.48 bits per heavy atom. The van der Waals surface area contributed by atoms with Crippen LogP contribution in [-0.2, 0) is 6.42 Å². The van der Waals surface area contributed by atoms with Gasteiger partial charge in [-0.2, -0.15) is 0 Å². The van der Waals surface area contributed by atoms with Crippen LogP contribution in [0, 0.1) is 11.7 Å². The first-order chi connectivity index (χ1) is 10.9. The quantitative estimate of drug-likeness (QED) is 0.771. The molecule has 3 heteroatoms. The molecule has 1 fully saturated rings. The third kappa shape index (κ3) is 4.13. The summed E-state index contributed by atoms with van der Waals surface area (Å²) in [4.78, 5) is 0. The highest BCUT2D eigenvalue weighted by molar-refractivity contribution is 5.21. The Labute approximate surface area is 140 Å². The summed E-state index contributed by atoms with van der Waals surface area (Å²) in [5, 5.41) is 11.5. The lowest BCUT2D eigenvalue weighted by Crippen LogP contribution is -2.59. The molecule has 1 aliphatic carbocycles. The van der Waals surface area contributed by atoms with Crippen molar-refractivity contribution in [1.82, 2.24) is 0 Å². The minimum absolute atomic E-state index is 0.0447. The first kappa shape index (κ1) is 18.4. The molecule has 23 heavy (non-hydrogen) atoms. The Morgan fingerprint density at radius 2 is 1.87 bits per heavy atom. The molecule has 0 bridgehead atoms. The van der Waals surface area contributed by atoms with E-state index in [0.29, 0.717) is 12.0 Å². The second kappa shape index (κ2) is 7.76. The van der Waals surface area contributed by atoms with E-state index < -0.39 is 5.60 Å². The number of hydrogen-bond donors (Lipinski definition) is 2. The van der Waals surface area contributed by atoms with Crippen LogP contribution in [0.5, 0.6) is 0 Å². The Hall–Kier alpha value is -0.930. The van der Waals surface area contributed by atoms with Crippen LogP contribution in [0.3, 0.4) is 0 Å². The fourth-order valence-corrected chi connectivity index (χ4v) is 4.63. The third-order valence-electron chi connectivity index (χ3n) is 5.58. The number of hydrogen-bond acceptors (Lipinski definition) is 2. The van der Waals surface area contributed by atoms with Gasteiger partial charge in [0.2, 0.25) is 0 Å². The van der Waals surface area contributed by atoms with Gasteiger partial charge in [0.25, 0.3) is 0 Å². The summed E-state index contributed by atoms with van der Waals surface area (Å²) in [5.41, 5.74) is 6.18. The van der Waals surface area contributed by atoms with E-state index in [2.05, 4.69) is 13.8 Å². The van der Waals surface area contributed by atoms with Crippen molar-refractivity contribution < 1.29 is 9.50 Å². The van der Waals surface area contributed by atoms with Crippen molar-refractivity contribution in [3.63, 3.8) is 0 Å². The largest absolute Gasteiger partial charge is 0.389 e. The van der Waals surface area contributed by atoms with Crippen LogP contribution in [0.4, 0.5) is 4.39 Å². The molecule has 1 aromatic rings. The molecule has 1 saturated carbocycles. The third-order valence-corrected chi connectivity index (χ3v) is 5.58. The second-order valence-electron chi connectivity index (χ2n) is 7.40. The summed E-state index contributed by atoms with van der Waals surface area (Å²) < 4.78 is 14.1. The molecule has 1 aliphatic rings. The predicted molar refractivity (Wildman–Crippen MR) is 93.7 cm³/mol. The average Bonchev–Trinajstić information content (AvgIpc) is 2.50. The minimum atomic E-state index is -0.889. The Balaban J connectivity index is 2.30. The zero-order chi connectivity index (χ0) is 16.9. The zero-order valence-corrected chi connectivity index (χ0v) is 14.7. The lowest BCUT2D eigenvalue weighted by Gasteiger charge is -2.50. The molecule has 0 unspecified atom stereocenters. The van der Waals surface area contributed by atoms with Gasteiger partial charge in [-0.15, -0.1) is 0 Å². The molecule has 0 saturated heterocycles. The van der Waals surface area contributed by atoms with Gasteiger partial charge in [0, 0.05) is 17.9 Å². The molecular formula is C20H32FNO. The van der Waals surface area contributed by atoms with Crippen molar-refractivity contribution in [3.8, 4) is 0 Å². The summed E-state index contributed by atoms with van der Waals surface area (Å²) in [6.07, 6.45) is 8.02. The molecule has 2 atom stereocenters. The molecule has 2 nitrogen and oxygen atoms in total. The van der Waals surface area contributed by atoms with Crippen LogP contribution in [0.15, 0.2) is 24.3 Å². The van der Waals surface area contributed by atoms with E-state index in [1.54, 1.807) is 12.1 Å². The van der Waals surface area contributed by atoms with E-state index in [1.165, 1.54) is 6.07 Å². The first-order valence-corrected chi connectivity index (χ1v) is 9.20. The highest BCUT2D eigenvalue weighted by Crippen LogP contribution is 2.44. The van der Waals surface area contributed by atoms with Crippen molar-refractivity contribution in [2.45, 2.75) is 82.8 Å². The number of rotatable bonds is 7. The van der Waals surface area contributed by atoms with Crippen molar-refractivity contribution in [3.05, 3.63) is 35.6 Å². The van der Waals surface area contributed by atoms with E-state index in [4.69, 9.17) is 5.73 Å². The molecule has 0 aliphatic heterocycles. The number of halogens is 1. The van der Waals surface area contributed by atoms with Gasteiger partial charge in [0.05, 0.1) is 5.60 Å². The van der Waals surface area contributed by atoms with Gasteiger partial charge in [0.15, 0.2) is 0 Å². The molecule has 130 valence electrons. The minimum Gasteiger partial charge on any atom is -0.389 e. The first-order valence-electron chi connectivity index (χ1n) is 9.20. The maximum atomic E-state index is 14.1. The van der Waals surface area contributed by atoms with Crippen molar-refractivity contribution in [2.75, 3.05) is 0 Å². The van der Waals surface area contributed by atoms with Crippen LogP contribution in [-0.4, -0.2) is 16.2 Å². The lowest BCUT2D eigenvalue weighted by atomic mass is 9.61. The van der Waals surface area contributed by atoms with Crippen molar-refractivity contribution in [1.29, 1.82) is 0 Å². The van der Waals surface area contributed by atoms with E-state index in [9.17, 15) is 9.50 Å². The average molecular weight is 321 g/mol. The second-order valence-corrected chi connectivity index (χ2v) is 7.40. The maximum absolute atomic E-state index is 14.1. The van der Waals surface area contributed by atoms with Crippen LogP contribution in [0.2, 0.25) is 0 Å². The fraction of sp³-hybridized carbons (Fsp3) is 0.700. The predicted octanol–water partition coefficient (Wildman–Crippen LogP) is 4.59. The summed E-state index contributed by atoms with van der Waals surface area (Å²) in [6.45, 7) is 4.30. The Bertz CT molecular complexity index is 498. The standard InChI is InChI=1S/C20H32FNO/c1-3-12-19(22,13-4-2)18-11-7-8-14-20(18,23)15-16-9-5-6-10-17(16)21/h5-6,9-10,18,23H,3-4,7-8,11-15,22H2,1-2H3/t18-,20-/m1/s1. The van der Waals surface area contributed by atoms with Crippen LogP contribution < -0.4 is 5.73 Å². The van der Waals surface area contributed by atoms with Gasteiger partial charge in [-0.05, 0) is 37.3 Å². The molecule has 3 N–H and O–H groups in total. The topological polar surface area (TPSA) is 46.2 Å². The lowest BCUT2D eigenvalue weighted by molar-refractivity contribution is -0.0823.